The molecule has 3 rings (SSSR count). The highest BCUT2D eigenvalue weighted by Crippen LogP contribution is 2.27. The maximum absolute atomic E-state index is 10.9. The predicted molar refractivity (Wildman–Crippen MR) is 75.7 cm³/mol. The molecule has 0 spiro atoms. The number of rotatable bonds is 3. The van der Waals surface area contributed by atoms with Gasteiger partial charge in [-0.05, 0) is 29.3 Å². The summed E-state index contributed by atoms with van der Waals surface area (Å²) in [6.07, 6.45) is 2.59. The Bertz CT molecular complexity index is 743. The molecule has 19 heavy (non-hydrogen) atoms. The zero-order chi connectivity index (χ0) is 13.2. The van der Waals surface area contributed by atoms with Crippen molar-refractivity contribution in [3.05, 3.63) is 54.2 Å². The van der Waals surface area contributed by atoms with Crippen LogP contribution in [0.1, 0.15) is 10.4 Å². The van der Waals surface area contributed by atoms with Crippen molar-refractivity contribution in [2.24, 2.45) is 0 Å². The molecule has 0 saturated heterocycles. The second-order valence-electron chi connectivity index (χ2n) is 4.35. The van der Waals surface area contributed by atoms with E-state index in [1.54, 1.807) is 13.3 Å². The molecule has 1 N–H and O–H groups in total. The normalized spacial score (nSPS) is 10.6. The molecular weight excluding hydrogens is 238 g/mol. The van der Waals surface area contributed by atoms with Gasteiger partial charge in [-0.1, -0.05) is 24.3 Å². The summed E-state index contributed by atoms with van der Waals surface area (Å²) in [5, 5.41) is 0.946. The van der Waals surface area contributed by atoms with E-state index >= 15 is 0 Å². The number of carbonyl (C=O) groups is 1. The van der Waals surface area contributed by atoms with Gasteiger partial charge >= 0.3 is 0 Å². The molecule has 1 aromatic heterocycles. The van der Waals surface area contributed by atoms with Crippen LogP contribution >= 0.6 is 0 Å². The number of nitrogens with one attached hydrogen (secondary N) is 1. The fraction of sp³-hybridized carbons (Fsp3) is 0.0625. The van der Waals surface area contributed by atoms with Gasteiger partial charge in [0.2, 0.25) is 0 Å². The highest BCUT2D eigenvalue weighted by Gasteiger charge is 2.05. The number of fused-ring (bicyclic) bond motifs is 1. The average Bonchev–Trinajstić information content (AvgIpc) is 2.89. The molecule has 0 aliphatic rings. The molecule has 0 fully saturated rings. The van der Waals surface area contributed by atoms with Crippen molar-refractivity contribution < 1.29 is 9.53 Å². The molecule has 94 valence electrons. The summed E-state index contributed by atoms with van der Waals surface area (Å²) in [5.41, 5.74) is 3.82. The molecule has 3 nitrogen and oxygen atoms in total. The van der Waals surface area contributed by atoms with Gasteiger partial charge in [-0.2, -0.15) is 0 Å². The van der Waals surface area contributed by atoms with Crippen LogP contribution in [0.25, 0.3) is 22.0 Å². The second kappa shape index (κ2) is 4.61. The minimum atomic E-state index is 0.687. The Kier molecular flexibility index (Phi) is 2.80. The number of carbonyl (C=O) groups excluding carboxylic acids is 1. The first-order chi connectivity index (χ1) is 9.31. The summed E-state index contributed by atoms with van der Waals surface area (Å²) < 4.78 is 5.23. The van der Waals surface area contributed by atoms with Crippen molar-refractivity contribution in [3.8, 4) is 16.9 Å². The lowest BCUT2D eigenvalue weighted by Crippen LogP contribution is -1.84. The van der Waals surface area contributed by atoms with Gasteiger partial charge in [0.1, 0.15) is 5.75 Å². The molecule has 0 aliphatic carbocycles. The number of H-pyrrole nitrogens is 1. The number of benzene rings is 2. The Labute approximate surface area is 110 Å². The van der Waals surface area contributed by atoms with Crippen molar-refractivity contribution in [3.63, 3.8) is 0 Å². The number of aromatic amines is 1. The third kappa shape index (κ3) is 1.99. The van der Waals surface area contributed by atoms with Gasteiger partial charge < -0.3 is 9.72 Å². The Morgan fingerprint density at radius 2 is 1.95 bits per heavy atom. The van der Waals surface area contributed by atoms with Gasteiger partial charge in [-0.3, -0.25) is 4.79 Å². The fourth-order valence-corrected chi connectivity index (χ4v) is 2.23. The fourth-order valence-electron chi connectivity index (χ4n) is 2.23. The Balaban J connectivity index is 2.12. The van der Waals surface area contributed by atoms with Gasteiger partial charge in [0.15, 0.2) is 6.29 Å². The lowest BCUT2D eigenvalue weighted by molar-refractivity contribution is 0.112. The molecule has 0 aliphatic heterocycles. The van der Waals surface area contributed by atoms with E-state index in [1.807, 2.05) is 42.5 Å². The maximum Gasteiger partial charge on any atom is 0.152 e. The second-order valence-corrected chi connectivity index (χ2v) is 4.35. The van der Waals surface area contributed by atoms with E-state index in [2.05, 4.69) is 4.98 Å². The maximum atomic E-state index is 10.9. The van der Waals surface area contributed by atoms with Gasteiger partial charge in [0.05, 0.1) is 7.11 Å². The summed E-state index contributed by atoms with van der Waals surface area (Å²) in [6, 6.07) is 13.9. The summed E-state index contributed by atoms with van der Waals surface area (Å²) >= 11 is 0. The van der Waals surface area contributed by atoms with Crippen LogP contribution in [0.2, 0.25) is 0 Å². The molecule has 0 radical (unpaired) electrons. The first-order valence-corrected chi connectivity index (χ1v) is 6.02. The van der Waals surface area contributed by atoms with Crippen molar-refractivity contribution in [1.82, 2.24) is 4.98 Å². The van der Waals surface area contributed by atoms with Gasteiger partial charge in [-0.25, -0.2) is 0 Å². The summed E-state index contributed by atoms with van der Waals surface area (Å²) in [7, 11) is 1.66. The third-order valence-corrected chi connectivity index (χ3v) is 3.24. The highest BCUT2D eigenvalue weighted by molar-refractivity contribution is 5.98. The molecule has 0 atom stereocenters. The van der Waals surface area contributed by atoms with Crippen molar-refractivity contribution in [1.29, 1.82) is 0 Å². The predicted octanol–water partition coefficient (Wildman–Crippen LogP) is 3.66. The van der Waals surface area contributed by atoms with Crippen molar-refractivity contribution >= 4 is 17.2 Å². The van der Waals surface area contributed by atoms with Crippen LogP contribution in [0.15, 0.2) is 48.7 Å². The minimum Gasteiger partial charge on any atom is -0.497 e. The number of methoxy groups -OCH3 is 1. The SMILES string of the molecule is COc1cccc(-c2ccc3c(C=O)c[nH]c3c2)c1. The lowest BCUT2D eigenvalue weighted by Gasteiger charge is -2.05. The number of aldehydes is 1. The van der Waals surface area contributed by atoms with Crippen LogP contribution in [0.4, 0.5) is 0 Å². The summed E-state index contributed by atoms with van der Waals surface area (Å²) in [5.74, 6) is 0.831. The van der Waals surface area contributed by atoms with Crippen LogP contribution < -0.4 is 4.74 Å². The van der Waals surface area contributed by atoms with Crippen molar-refractivity contribution in [2.45, 2.75) is 0 Å². The van der Waals surface area contributed by atoms with E-state index in [0.29, 0.717) is 5.56 Å². The van der Waals surface area contributed by atoms with Gasteiger partial charge in [0.25, 0.3) is 0 Å². The standard InChI is InChI=1S/C16H13NO2/c1-19-14-4-2-3-11(7-14)12-5-6-15-13(10-18)9-17-16(15)8-12/h2-10,17H,1H3. The summed E-state index contributed by atoms with van der Waals surface area (Å²) in [4.78, 5) is 14.0. The zero-order valence-corrected chi connectivity index (χ0v) is 10.5. The Morgan fingerprint density at radius 1 is 1.11 bits per heavy atom. The minimum absolute atomic E-state index is 0.687. The van der Waals surface area contributed by atoms with E-state index in [9.17, 15) is 4.79 Å². The topological polar surface area (TPSA) is 42.1 Å². The van der Waals surface area contributed by atoms with Crippen LogP contribution in [-0.4, -0.2) is 18.4 Å². The highest BCUT2D eigenvalue weighted by atomic mass is 16.5. The lowest BCUT2D eigenvalue weighted by atomic mass is 10.0. The number of hydrogen-bond acceptors (Lipinski definition) is 2. The van der Waals surface area contributed by atoms with E-state index in [1.165, 1.54) is 0 Å². The Hall–Kier alpha value is -2.55. The zero-order valence-electron chi connectivity index (χ0n) is 10.5. The van der Waals surface area contributed by atoms with Crippen LogP contribution in [0.3, 0.4) is 0 Å². The first-order valence-electron chi connectivity index (χ1n) is 6.02. The molecule has 0 amide bonds. The largest absolute Gasteiger partial charge is 0.497 e. The molecule has 0 saturated carbocycles. The first kappa shape index (κ1) is 11.5. The number of aromatic nitrogens is 1. The van der Waals surface area contributed by atoms with E-state index < -0.39 is 0 Å². The monoisotopic (exact) mass is 251 g/mol. The van der Waals surface area contributed by atoms with E-state index in [-0.39, 0.29) is 0 Å². The van der Waals surface area contributed by atoms with E-state index in [4.69, 9.17) is 4.74 Å². The van der Waals surface area contributed by atoms with Crippen LogP contribution in [-0.2, 0) is 0 Å². The summed E-state index contributed by atoms with van der Waals surface area (Å²) in [6.45, 7) is 0. The molecule has 1 heterocycles. The Morgan fingerprint density at radius 3 is 2.74 bits per heavy atom. The smallest absolute Gasteiger partial charge is 0.152 e. The molecule has 3 aromatic rings. The van der Waals surface area contributed by atoms with Gasteiger partial charge in [-0.15, -0.1) is 0 Å². The molecular formula is C16H13NO2. The molecule has 0 unspecified atom stereocenters. The average molecular weight is 251 g/mol. The van der Waals surface area contributed by atoms with E-state index in [0.717, 1.165) is 34.1 Å². The van der Waals surface area contributed by atoms with Gasteiger partial charge in [0, 0.05) is 22.7 Å². The quantitative estimate of drug-likeness (QED) is 0.722. The molecule has 3 heteroatoms. The molecule has 2 aromatic carbocycles. The number of ether oxygens (including phenoxy) is 1. The van der Waals surface area contributed by atoms with Crippen LogP contribution in [0, 0.1) is 0 Å². The van der Waals surface area contributed by atoms with Crippen molar-refractivity contribution in [2.75, 3.05) is 7.11 Å². The third-order valence-electron chi connectivity index (χ3n) is 3.24. The molecule has 0 bridgehead atoms. The van der Waals surface area contributed by atoms with Crippen LogP contribution in [0.5, 0.6) is 5.75 Å². The number of hydrogen-bond donors (Lipinski definition) is 1.